The van der Waals surface area contributed by atoms with Crippen LogP contribution in [0.3, 0.4) is 0 Å². The van der Waals surface area contributed by atoms with Gasteiger partial charge in [-0.1, -0.05) is 30.3 Å². The zero-order chi connectivity index (χ0) is 16.4. The molecular formula is C18H20N2O3. The molecule has 5 heteroatoms. The van der Waals surface area contributed by atoms with E-state index in [2.05, 4.69) is 4.98 Å². The van der Waals surface area contributed by atoms with Crippen LogP contribution in [0, 0.1) is 0 Å². The van der Waals surface area contributed by atoms with Gasteiger partial charge in [0.1, 0.15) is 5.69 Å². The fourth-order valence-electron chi connectivity index (χ4n) is 2.92. The summed E-state index contributed by atoms with van der Waals surface area (Å²) in [6.45, 7) is 3.48. The van der Waals surface area contributed by atoms with Gasteiger partial charge in [-0.05, 0) is 38.7 Å². The van der Waals surface area contributed by atoms with Gasteiger partial charge in [0.25, 0.3) is 0 Å². The van der Waals surface area contributed by atoms with Crippen LogP contribution in [0.15, 0.2) is 42.9 Å². The van der Waals surface area contributed by atoms with Crippen molar-refractivity contribution in [1.82, 2.24) is 9.55 Å². The van der Waals surface area contributed by atoms with Gasteiger partial charge in [0.15, 0.2) is 11.4 Å². The van der Waals surface area contributed by atoms with Crippen LogP contribution in [-0.2, 0) is 9.53 Å². The molecule has 1 aliphatic carbocycles. The van der Waals surface area contributed by atoms with Gasteiger partial charge in [-0.3, -0.25) is 4.79 Å². The minimum Gasteiger partial charge on any atom is -0.446 e. The van der Waals surface area contributed by atoms with Crippen molar-refractivity contribution in [3.63, 3.8) is 0 Å². The lowest BCUT2D eigenvalue weighted by atomic mass is 9.77. The highest BCUT2D eigenvalue weighted by Gasteiger charge is 2.46. The third-order valence-electron chi connectivity index (χ3n) is 4.67. The highest BCUT2D eigenvalue weighted by Crippen LogP contribution is 2.37. The Labute approximate surface area is 135 Å². The van der Waals surface area contributed by atoms with Crippen molar-refractivity contribution in [2.45, 2.75) is 44.8 Å². The highest BCUT2D eigenvalue weighted by molar-refractivity contribution is 5.93. The van der Waals surface area contributed by atoms with Crippen molar-refractivity contribution in [3.05, 3.63) is 54.1 Å². The second-order valence-corrected chi connectivity index (χ2v) is 6.07. The number of aromatic nitrogens is 2. The summed E-state index contributed by atoms with van der Waals surface area (Å²) in [7, 11) is 0. The number of hydrogen-bond donors (Lipinski definition) is 0. The molecule has 1 aliphatic rings. The Bertz CT molecular complexity index is 717. The van der Waals surface area contributed by atoms with Crippen molar-refractivity contribution in [3.8, 4) is 0 Å². The normalized spacial score (nSPS) is 17.1. The van der Waals surface area contributed by atoms with Crippen LogP contribution in [0.2, 0.25) is 0 Å². The average Bonchev–Trinajstić information content (AvgIpc) is 3.00. The highest BCUT2D eigenvalue weighted by atomic mass is 16.6. The lowest BCUT2D eigenvalue weighted by Gasteiger charge is -2.38. The summed E-state index contributed by atoms with van der Waals surface area (Å²) in [6, 6.07) is 9.83. The van der Waals surface area contributed by atoms with Crippen LogP contribution in [0.1, 0.15) is 55.2 Å². The van der Waals surface area contributed by atoms with Crippen LogP contribution in [-0.4, -0.2) is 26.9 Å². The third-order valence-corrected chi connectivity index (χ3v) is 4.67. The molecule has 0 radical (unpaired) electrons. The first kappa shape index (κ1) is 15.5. The van der Waals surface area contributed by atoms with Crippen LogP contribution in [0.4, 0.5) is 0 Å². The zero-order valence-electron chi connectivity index (χ0n) is 13.4. The molecule has 1 fully saturated rings. The average molecular weight is 312 g/mol. The topological polar surface area (TPSA) is 61.2 Å². The van der Waals surface area contributed by atoms with Crippen molar-refractivity contribution < 1.29 is 14.3 Å². The molecule has 2 aromatic rings. The molecule has 0 bridgehead atoms. The Balaban J connectivity index is 1.83. The summed E-state index contributed by atoms with van der Waals surface area (Å²) in [6.07, 6.45) is 5.24. The molecule has 1 aromatic carbocycles. The Morgan fingerprint density at radius 3 is 2.52 bits per heavy atom. The molecule has 0 saturated heterocycles. The number of imidazole rings is 1. The summed E-state index contributed by atoms with van der Waals surface area (Å²) >= 11 is 0. The molecular weight excluding hydrogens is 292 g/mol. The van der Waals surface area contributed by atoms with Crippen molar-refractivity contribution in [2.24, 2.45) is 0 Å². The monoisotopic (exact) mass is 312 g/mol. The molecule has 0 aliphatic heterocycles. The SMILES string of the molecule is CC(=O)C1(OC(=O)c2cncn2C(C)c2ccccc2)CCC1. The van der Waals surface area contributed by atoms with Gasteiger partial charge < -0.3 is 9.30 Å². The van der Waals surface area contributed by atoms with E-state index < -0.39 is 11.6 Å². The molecule has 1 saturated carbocycles. The molecule has 23 heavy (non-hydrogen) atoms. The van der Waals surface area contributed by atoms with Gasteiger partial charge in [-0.25, -0.2) is 9.78 Å². The molecule has 1 atom stereocenters. The number of ketones is 1. The van der Waals surface area contributed by atoms with E-state index in [1.807, 2.05) is 37.3 Å². The van der Waals surface area contributed by atoms with Crippen molar-refractivity contribution >= 4 is 11.8 Å². The summed E-state index contributed by atoms with van der Waals surface area (Å²) < 4.78 is 7.34. The maximum absolute atomic E-state index is 12.5. The van der Waals surface area contributed by atoms with E-state index in [0.717, 1.165) is 12.0 Å². The first-order valence-electron chi connectivity index (χ1n) is 7.85. The zero-order valence-corrected chi connectivity index (χ0v) is 13.4. The number of carbonyl (C=O) groups excluding carboxylic acids is 2. The maximum Gasteiger partial charge on any atom is 0.357 e. The van der Waals surface area contributed by atoms with E-state index >= 15 is 0 Å². The van der Waals surface area contributed by atoms with Crippen molar-refractivity contribution in [1.29, 1.82) is 0 Å². The van der Waals surface area contributed by atoms with Gasteiger partial charge in [0.05, 0.1) is 18.6 Å². The maximum atomic E-state index is 12.5. The first-order chi connectivity index (χ1) is 11.0. The Morgan fingerprint density at radius 2 is 1.96 bits per heavy atom. The molecule has 120 valence electrons. The number of rotatable bonds is 5. The molecule has 1 unspecified atom stereocenters. The second kappa shape index (κ2) is 5.99. The number of Topliss-reactive ketones (excluding diaryl/α,β-unsaturated/α-hetero) is 1. The van der Waals surface area contributed by atoms with E-state index in [1.165, 1.54) is 13.1 Å². The molecule has 1 heterocycles. The Kier molecular flexibility index (Phi) is 4.03. The molecule has 0 spiro atoms. The van der Waals surface area contributed by atoms with Crippen LogP contribution < -0.4 is 0 Å². The number of ether oxygens (including phenoxy) is 1. The second-order valence-electron chi connectivity index (χ2n) is 6.07. The number of carbonyl (C=O) groups is 2. The predicted molar refractivity (Wildman–Crippen MR) is 85.2 cm³/mol. The van der Waals surface area contributed by atoms with Gasteiger partial charge >= 0.3 is 5.97 Å². The summed E-state index contributed by atoms with van der Waals surface area (Å²) in [4.78, 5) is 28.4. The van der Waals surface area contributed by atoms with Crippen LogP contribution in [0.25, 0.3) is 0 Å². The number of benzene rings is 1. The van der Waals surface area contributed by atoms with E-state index in [0.29, 0.717) is 18.5 Å². The Hall–Kier alpha value is -2.43. The third kappa shape index (κ3) is 2.79. The molecule has 3 rings (SSSR count). The van der Waals surface area contributed by atoms with Gasteiger partial charge in [0.2, 0.25) is 0 Å². The van der Waals surface area contributed by atoms with E-state index in [-0.39, 0.29) is 11.8 Å². The quantitative estimate of drug-likeness (QED) is 0.796. The van der Waals surface area contributed by atoms with Gasteiger partial charge in [-0.15, -0.1) is 0 Å². The van der Waals surface area contributed by atoms with Gasteiger partial charge in [0, 0.05) is 0 Å². The van der Waals surface area contributed by atoms with Gasteiger partial charge in [-0.2, -0.15) is 0 Å². The Morgan fingerprint density at radius 1 is 1.26 bits per heavy atom. The molecule has 5 nitrogen and oxygen atoms in total. The van der Waals surface area contributed by atoms with Crippen LogP contribution in [0.5, 0.6) is 0 Å². The van der Waals surface area contributed by atoms with Crippen molar-refractivity contribution in [2.75, 3.05) is 0 Å². The number of nitrogens with zero attached hydrogens (tertiary/aromatic N) is 2. The lowest BCUT2D eigenvalue weighted by Crippen LogP contribution is -2.48. The summed E-state index contributed by atoms with van der Waals surface area (Å²) in [5.41, 5.74) is 0.515. The largest absolute Gasteiger partial charge is 0.446 e. The predicted octanol–water partition coefficient (Wildman–Crippen LogP) is 3.16. The summed E-state index contributed by atoms with van der Waals surface area (Å²) in [5.74, 6) is -0.570. The minimum absolute atomic E-state index is 0.0454. The van der Waals surface area contributed by atoms with Crippen LogP contribution >= 0.6 is 0 Å². The molecule has 0 amide bonds. The molecule has 1 aromatic heterocycles. The molecule has 0 N–H and O–H groups in total. The van der Waals surface area contributed by atoms with E-state index in [1.54, 1.807) is 10.9 Å². The number of esters is 1. The van der Waals surface area contributed by atoms with E-state index in [9.17, 15) is 9.59 Å². The smallest absolute Gasteiger partial charge is 0.357 e. The fourth-order valence-corrected chi connectivity index (χ4v) is 2.92. The lowest BCUT2D eigenvalue weighted by molar-refractivity contribution is -0.145. The summed E-state index contributed by atoms with van der Waals surface area (Å²) in [5, 5.41) is 0. The number of hydrogen-bond acceptors (Lipinski definition) is 4. The first-order valence-corrected chi connectivity index (χ1v) is 7.85. The standard InChI is InChI=1S/C18H20N2O3/c1-13(15-7-4-3-5-8-15)20-12-19-11-16(20)17(22)23-18(14(2)21)9-6-10-18/h3-5,7-8,11-13H,6,9-10H2,1-2H3. The minimum atomic E-state index is -0.928. The van der Waals surface area contributed by atoms with E-state index in [4.69, 9.17) is 4.74 Å². The fraction of sp³-hybridized carbons (Fsp3) is 0.389.